The van der Waals surface area contributed by atoms with Crippen molar-refractivity contribution in [2.75, 3.05) is 143 Å². The number of methoxy groups -OCH3 is 1. The lowest BCUT2D eigenvalue weighted by Gasteiger charge is -2.34. The highest BCUT2D eigenvalue weighted by atomic mass is 16.6. The maximum atomic E-state index is 14.1. The Kier molecular flexibility index (Phi) is 23.1. The third kappa shape index (κ3) is 17.1. The zero-order valence-electron chi connectivity index (χ0n) is 43.4. The average Bonchev–Trinajstić information content (AvgIpc) is 3.44. The number of fused-ring (bicyclic) bond motifs is 1. The molecule has 2 N–H and O–H groups in total. The summed E-state index contributed by atoms with van der Waals surface area (Å²) in [5.74, 6) is -1.19. The molecule has 17 nitrogen and oxygen atoms in total. The number of likely N-dealkylation sites (tertiary alicyclic amines) is 1. The van der Waals surface area contributed by atoms with Crippen LogP contribution < -0.4 is 15.5 Å². The SMILES string of the molecule is COCCOCCOCCOCCOCCOCCOCCN(C)C(=O)C1CCCN(C(=O)c2cccc(C(=O)Nc3ccc(N4CCCCC4)cc3-c3cc(C(=O)NC4CCCc5ccccc54)ccn3)c2)C1. The standard InChI is InChI=1S/C57H76N6O11/c1-61(25-26-69-29-30-71-33-34-73-37-38-74-36-35-72-32-31-70-28-27-68-2)56(66)47-15-10-24-63(42-47)57(67)46-14-8-13-44(39-46)54(64)60-52-19-18-48(62-22-6-3-7-23-62)41-50(52)53-40-45(20-21-58-53)55(65)59-51-17-9-12-43-11-4-5-16-49(43)51/h4-5,8,11,13-14,16,18-21,39-41,47,51H,3,6-7,9-10,12,15,17,22-38,42H2,1-2H3,(H,59,65)(H,60,64). The van der Waals surface area contributed by atoms with Crippen molar-refractivity contribution in [3.63, 3.8) is 0 Å². The number of nitrogens with zero attached hydrogens (tertiary/aromatic N) is 4. The minimum atomic E-state index is -0.389. The topological polar surface area (TPSA) is 180 Å². The number of rotatable bonds is 29. The number of aryl methyl sites for hydroxylation is 1. The van der Waals surface area contributed by atoms with Crippen molar-refractivity contribution in [2.45, 2.75) is 57.4 Å². The molecular formula is C57H76N6O11. The van der Waals surface area contributed by atoms with Crippen LogP contribution in [-0.4, -0.2) is 171 Å². The quantitative estimate of drug-likeness (QED) is 0.0540. The van der Waals surface area contributed by atoms with Crippen molar-refractivity contribution >= 4 is 35.0 Å². The van der Waals surface area contributed by atoms with E-state index in [9.17, 15) is 19.2 Å². The molecule has 400 valence electrons. The Hall–Kier alpha value is -5.79. The van der Waals surface area contributed by atoms with E-state index in [1.54, 1.807) is 66.6 Å². The second-order valence-corrected chi connectivity index (χ2v) is 18.9. The van der Waals surface area contributed by atoms with E-state index in [0.717, 1.165) is 56.4 Å². The monoisotopic (exact) mass is 1020 g/mol. The number of nitrogens with one attached hydrogen (secondary N) is 2. The number of piperidine rings is 2. The number of hydrogen-bond donors (Lipinski definition) is 2. The molecule has 4 aromatic rings. The first-order valence-corrected chi connectivity index (χ1v) is 26.4. The number of amides is 4. The summed E-state index contributed by atoms with van der Waals surface area (Å²) in [4.78, 5) is 65.9. The zero-order valence-corrected chi connectivity index (χ0v) is 43.4. The summed E-state index contributed by atoms with van der Waals surface area (Å²) in [6.45, 7) is 9.20. The van der Waals surface area contributed by atoms with Gasteiger partial charge in [0.25, 0.3) is 17.7 Å². The van der Waals surface area contributed by atoms with Gasteiger partial charge in [0.2, 0.25) is 5.91 Å². The number of benzene rings is 3. The molecular weight excluding hydrogens is 945 g/mol. The molecule has 0 spiro atoms. The number of pyridine rings is 1. The molecule has 2 fully saturated rings. The Morgan fingerprint density at radius 2 is 1.28 bits per heavy atom. The fourth-order valence-corrected chi connectivity index (χ4v) is 9.57. The molecule has 2 aliphatic heterocycles. The maximum absolute atomic E-state index is 14.1. The van der Waals surface area contributed by atoms with Gasteiger partial charge in [-0.05, 0) is 111 Å². The molecule has 7 rings (SSSR count). The zero-order chi connectivity index (χ0) is 51.7. The van der Waals surface area contributed by atoms with E-state index in [2.05, 4.69) is 27.7 Å². The number of anilines is 2. The number of aromatic nitrogens is 1. The Morgan fingerprint density at radius 3 is 1.99 bits per heavy atom. The van der Waals surface area contributed by atoms with Gasteiger partial charge >= 0.3 is 0 Å². The number of carbonyl (C=O) groups excluding carboxylic acids is 4. The lowest BCUT2D eigenvalue weighted by atomic mass is 9.87. The first-order chi connectivity index (χ1) is 36.3. The van der Waals surface area contributed by atoms with Crippen molar-refractivity contribution in [2.24, 2.45) is 5.92 Å². The second kappa shape index (κ2) is 30.5. The Labute approximate surface area is 436 Å². The van der Waals surface area contributed by atoms with Crippen molar-refractivity contribution < 1.29 is 52.3 Å². The summed E-state index contributed by atoms with van der Waals surface area (Å²) in [5.41, 5.74) is 6.40. The van der Waals surface area contributed by atoms with Gasteiger partial charge in [-0.3, -0.25) is 24.2 Å². The molecule has 3 aromatic carbocycles. The van der Waals surface area contributed by atoms with Crippen LogP contribution in [0.2, 0.25) is 0 Å². The van der Waals surface area contributed by atoms with Gasteiger partial charge in [-0.25, -0.2) is 0 Å². The van der Waals surface area contributed by atoms with Crippen LogP contribution >= 0.6 is 0 Å². The largest absolute Gasteiger partial charge is 0.382 e. The third-order valence-corrected chi connectivity index (χ3v) is 13.6. The summed E-state index contributed by atoms with van der Waals surface area (Å²) >= 11 is 0. The second-order valence-electron chi connectivity index (χ2n) is 18.9. The minimum Gasteiger partial charge on any atom is -0.382 e. The summed E-state index contributed by atoms with van der Waals surface area (Å²) in [6.07, 6.45) is 9.27. The fourth-order valence-electron chi connectivity index (χ4n) is 9.57. The Balaban J connectivity index is 0.856. The number of ether oxygens (including phenoxy) is 7. The van der Waals surface area contributed by atoms with E-state index in [1.165, 1.54) is 12.0 Å². The lowest BCUT2D eigenvalue weighted by Crippen LogP contribution is -2.46. The van der Waals surface area contributed by atoms with Crippen LogP contribution in [-0.2, 0) is 44.4 Å². The molecule has 4 amide bonds. The molecule has 2 unspecified atom stereocenters. The predicted molar refractivity (Wildman–Crippen MR) is 283 cm³/mol. The first kappa shape index (κ1) is 55.9. The first-order valence-electron chi connectivity index (χ1n) is 26.4. The maximum Gasteiger partial charge on any atom is 0.255 e. The van der Waals surface area contributed by atoms with Crippen LogP contribution in [0, 0.1) is 5.92 Å². The summed E-state index contributed by atoms with van der Waals surface area (Å²) in [6, 6.07) is 24.4. The van der Waals surface area contributed by atoms with Crippen LogP contribution in [0.4, 0.5) is 11.4 Å². The molecule has 3 aliphatic rings. The van der Waals surface area contributed by atoms with Gasteiger partial charge in [-0.15, -0.1) is 0 Å². The van der Waals surface area contributed by atoms with Crippen molar-refractivity contribution in [3.05, 3.63) is 113 Å². The third-order valence-electron chi connectivity index (χ3n) is 13.6. The molecule has 0 radical (unpaired) electrons. The molecule has 0 saturated carbocycles. The lowest BCUT2D eigenvalue weighted by molar-refractivity contribution is -0.136. The van der Waals surface area contributed by atoms with E-state index >= 15 is 0 Å². The molecule has 2 atom stereocenters. The van der Waals surface area contributed by atoms with Crippen LogP contribution in [0.15, 0.2) is 85.1 Å². The number of carbonyl (C=O) groups is 4. The van der Waals surface area contributed by atoms with E-state index in [-0.39, 0.29) is 42.1 Å². The van der Waals surface area contributed by atoms with Gasteiger partial charge in [0.15, 0.2) is 0 Å². The van der Waals surface area contributed by atoms with Gasteiger partial charge in [-0.2, -0.15) is 0 Å². The number of likely N-dealkylation sites (N-methyl/N-ethyl adjacent to an activating group) is 1. The molecule has 3 heterocycles. The highest BCUT2D eigenvalue weighted by Crippen LogP contribution is 2.34. The Bertz CT molecular complexity index is 2400. The van der Waals surface area contributed by atoms with Crippen molar-refractivity contribution in [1.82, 2.24) is 20.1 Å². The molecule has 2 saturated heterocycles. The van der Waals surface area contributed by atoms with Crippen LogP contribution in [0.25, 0.3) is 11.3 Å². The average molecular weight is 1020 g/mol. The highest BCUT2D eigenvalue weighted by molar-refractivity contribution is 6.08. The van der Waals surface area contributed by atoms with E-state index in [0.29, 0.717) is 145 Å². The van der Waals surface area contributed by atoms with Gasteiger partial charge in [0, 0.05) is 81.0 Å². The molecule has 0 bridgehead atoms. The summed E-state index contributed by atoms with van der Waals surface area (Å²) in [5, 5.41) is 6.38. The van der Waals surface area contributed by atoms with E-state index in [1.807, 2.05) is 30.3 Å². The highest BCUT2D eigenvalue weighted by Gasteiger charge is 2.31. The molecule has 74 heavy (non-hydrogen) atoms. The van der Waals surface area contributed by atoms with Crippen LogP contribution in [0.1, 0.15) is 93.2 Å². The molecule has 1 aromatic heterocycles. The van der Waals surface area contributed by atoms with Gasteiger partial charge in [0.1, 0.15) is 0 Å². The predicted octanol–water partition coefficient (Wildman–Crippen LogP) is 6.86. The smallest absolute Gasteiger partial charge is 0.255 e. The Morgan fingerprint density at radius 1 is 0.635 bits per heavy atom. The van der Waals surface area contributed by atoms with Crippen molar-refractivity contribution in [3.8, 4) is 11.3 Å². The molecule has 1 aliphatic carbocycles. The fraction of sp³-hybridized carbons (Fsp3) is 0.526. The summed E-state index contributed by atoms with van der Waals surface area (Å²) in [7, 11) is 3.40. The van der Waals surface area contributed by atoms with Crippen molar-refractivity contribution in [1.29, 1.82) is 0 Å². The molecule has 17 heteroatoms. The van der Waals surface area contributed by atoms with Gasteiger partial charge in [-0.1, -0.05) is 30.3 Å². The number of hydrogen-bond acceptors (Lipinski definition) is 13. The normalized spacial score (nSPS) is 16.6. The van der Waals surface area contributed by atoms with Crippen LogP contribution in [0.3, 0.4) is 0 Å². The van der Waals surface area contributed by atoms with Gasteiger partial charge < -0.3 is 58.5 Å². The summed E-state index contributed by atoms with van der Waals surface area (Å²) < 4.78 is 38.1. The van der Waals surface area contributed by atoms with Crippen LogP contribution in [0.5, 0.6) is 0 Å². The van der Waals surface area contributed by atoms with E-state index in [4.69, 9.17) is 38.1 Å². The van der Waals surface area contributed by atoms with Gasteiger partial charge in [0.05, 0.1) is 109 Å². The van der Waals surface area contributed by atoms with E-state index < -0.39 is 0 Å². The minimum absolute atomic E-state index is 0.0368.